The standard InChI is InChI=1S/C17H18N2O3S2/c20-15(11-7-8-23-10-11)14-6-5-13(24-14)9-18-16(21)17(22)19-12-3-1-2-4-12/h5-8,10,12H,1-4,9H2,(H,18,21)(H,19,22). The molecule has 0 unspecified atom stereocenters. The van der Waals surface area contributed by atoms with Gasteiger partial charge in [-0.2, -0.15) is 11.3 Å². The van der Waals surface area contributed by atoms with Crippen LogP contribution in [0.2, 0.25) is 0 Å². The largest absolute Gasteiger partial charge is 0.345 e. The normalized spacial score (nSPS) is 14.5. The fraction of sp³-hybridized carbons (Fsp3) is 0.353. The lowest BCUT2D eigenvalue weighted by molar-refractivity contribution is -0.139. The van der Waals surface area contributed by atoms with Gasteiger partial charge in [-0.3, -0.25) is 14.4 Å². The summed E-state index contributed by atoms with van der Waals surface area (Å²) in [6, 6.07) is 5.48. The van der Waals surface area contributed by atoms with Crippen LogP contribution in [-0.2, 0) is 16.1 Å². The Hall–Kier alpha value is -1.99. The first-order chi connectivity index (χ1) is 11.6. The van der Waals surface area contributed by atoms with E-state index in [2.05, 4.69) is 10.6 Å². The summed E-state index contributed by atoms with van der Waals surface area (Å²) < 4.78 is 0. The molecule has 24 heavy (non-hydrogen) atoms. The van der Waals surface area contributed by atoms with Crippen molar-refractivity contribution in [2.45, 2.75) is 38.3 Å². The molecule has 1 saturated carbocycles. The van der Waals surface area contributed by atoms with Gasteiger partial charge in [0.1, 0.15) is 0 Å². The molecule has 0 atom stereocenters. The van der Waals surface area contributed by atoms with Crippen LogP contribution in [-0.4, -0.2) is 23.6 Å². The Labute approximate surface area is 148 Å². The van der Waals surface area contributed by atoms with Crippen molar-refractivity contribution in [3.63, 3.8) is 0 Å². The molecular formula is C17H18N2O3S2. The maximum atomic E-state index is 12.2. The van der Waals surface area contributed by atoms with Crippen LogP contribution in [0.25, 0.3) is 0 Å². The van der Waals surface area contributed by atoms with Crippen molar-refractivity contribution >= 4 is 40.3 Å². The van der Waals surface area contributed by atoms with E-state index in [0.717, 1.165) is 30.6 Å². The van der Waals surface area contributed by atoms with Gasteiger partial charge in [0.25, 0.3) is 0 Å². The van der Waals surface area contributed by atoms with Crippen LogP contribution in [0.5, 0.6) is 0 Å². The lowest BCUT2D eigenvalue weighted by Crippen LogP contribution is -2.43. The Morgan fingerprint density at radius 3 is 2.58 bits per heavy atom. The molecule has 0 spiro atoms. The van der Waals surface area contributed by atoms with Gasteiger partial charge in [0.15, 0.2) is 0 Å². The second-order valence-corrected chi connectivity index (χ2v) is 7.69. The molecule has 2 heterocycles. The average Bonchev–Trinajstić information content (AvgIpc) is 3.33. The lowest BCUT2D eigenvalue weighted by atomic mass is 10.2. The first-order valence-corrected chi connectivity index (χ1v) is 9.63. The molecule has 1 aliphatic carbocycles. The van der Waals surface area contributed by atoms with Gasteiger partial charge < -0.3 is 10.6 Å². The SMILES string of the molecule is O=C(NCc1ccc(C(=O)c2ccsc2)s1)C(=O)NC1CCCC1. The summed E-state index contributed by atoms with van der Waals surface area (Å²) in [5, 5.41) is 9.05. The van der Waals surface area contributed by atoms with Gasteiger partial charge in [-0.1, -0.05) is 12.8 Å². The molecule has 0 bridgehead atoms. The smallest absolute Gasteiger partial charge is 0.309 e. The van der Waals surface area contributed by atoms with Gasteiger partial charge in [0.05, 0.1) is 11.4 Å². The van der Waals surface area contributed by atoms with Crippen molar-refractivity contribution in [2.75, 3.05) is 0 Å². The summed E-state index contributed by atoms with van der Waals surface area (Å²) in [5.74, 6) is -1.22. The van der Waals surface area contributed by atoms with Crippen molar-refractivity contribution < 1.29 is 14.4 Å². The van der Waals surface area contributed by atoms with E-state index >= 15 is 0 Å². The zero-order valence-electron chi connectivity index (χ0n) is 13.0. The van der Waals surface area contributed by atoms with E-state index in [1.54, 1.807) is 18.2 Å². The number of hydrogen-bond donors (Lipinski definition) is 2. The van der Waals surface area contributed by atoms with Crippen LogP contribution >= 0.6 is 22.7 Å². The molecule has 0 saturated heterocycles. The molecule has 2 amide bonds. The minimum Gasteiger partial charge on any atom is -0.345 e. The highest BCUT2D eigenvalue weighted by Crippen LogP contribution is 2.21. The topological polar surface area (TPSA) is 75.3 Å². The lowest BCUT2D eigenvalue weighted by Gasteiger charge is -2.11. The van der Waals surface area contributed by atoms with Crippen molar-refractivity contribution in [2.24, 2.45) is 0 Å². The summed E-state index contributed by atoms with van der Waals surface area (Å²) in [4.78, 5) is 37.4. The van der Waals surface area contributed by atoms with E-state index in [1.165, 1.54) is 22.7 Å². The molecule has 3 rings (SSSR count). The highest BCUT2D eigenvalue weighted by Gasteiger charge is 2.21. The molecule has 1 fully saturated rings. The zero-order chi connectivity index (χ0) is 16.9. The number of ketones is 1. The number of rotatable bonds is 5. The highest BCUT2D eigenvalue weighted by atomic mass is 32.1. The fourth-order valence-electron chi connectivity index (χ4n) is 2.70. The summed E-state index contributed by atoms with van der Waals surface area (Å²) in [6.07, 6.45) is 4.08. The van der Waals surface area contributed by atoms with Crippen molar-refractivity contribution in [1.82, 2.24) is 10.6 Å². The molecule has 0 radical (unpaired) electrons. The Balaban J connectivity index is 1.50. The molecule has 7 heteroatoms. The second kappa shape index (κ2) is 7.72. The molecule has 2 aromatic heterocycles. The van der Waals surface area contributed by atoms with Crippen molar-refractivity contribution in [3.8, 4) is 0 Å². The molecule has 0 aliphatic heterocycles. The quantitative estimate of drug-likeness (QED) is 0.634. The Kier molecular flexibility index (Phi) is 5.42. The average molecular weight is 362 g/mol. The zero-order valence-corrected chi connectivity index (χ0v) is 14.7. The maximum Gasteiger partial charge on any atom is 0.309 e. The Morgan fingerprint density at radius 2 is 1.88 bits per heavy atom. The van der Waals surface area contributed by atoms with Crippen LogP contribution in [0.1, 0.15) is 45.8 Å². The van der Waals surface area contributed by atoms with E-state index < -0.39 is 11.8 Å². The first-order valence-electron chi connectivity index (χ1n) is 7.88. The van der Waals surface area contributed by atoms with Crippen LogP contribution < -0.4 is 10.6 Å². The molecule has 126 valence electrons. The molecule has 1 aliphatic rings. The first kappa shape index (κ1) is 16.9. The summed E-state index contributed by atoms with van der Waals surface area (Å²) >= 11 is 2.82. The number of carbonyl (C=O) groups excluding carboxylic acids is 3. The minimum atomic E-state index is -0.624. The number of thiophene rings is 2. The number of nitrogens with one attached hydrogen (secondary N) is 2. The van der Waals surface area contributed by atoms with E-state index in [1.807, 2.05) is 10.8 Å². The Morgan fingerprint density at radius 1 is 1.08 bits per heavy atom. The predicted molar refractivity (Wildman–Crippen MR) is 94.3 cm³/mol. The third-order valence-corrected chi connectivity index (χ3v) is 5.76. The monoisotopic (exact) mass is 362 g/mol. The van der Waals surface area contributed by atoms with Gasteiger partial charge in [0, 0.05) is 21.9 Å². The van der Waals surface area contributed by atoms with Gasteiger partial charge in [-0.05, 0) is 36.4 Å². The highest BCUT2D eigenvalue weighted by molar-refractivity contribution is 7.14. The second-order valence-electron chi connectivity index (χ2n) is 5.74. The van der Waals surface area contributed by atoms with Crippen LogP contribution in [0, 0.1) is 0 Å². The molecule has 0 aromatic carbocycles. The van der Waals surface area contributed by atoms with E-state index in [0.29, 0.717) is 10.4 Å². The van der Waals surface area contributed by atoms with E-state index in [4.69, 9.17) is 0 Å². The molecule has 2 aromatic rings. The third-order valence-electron chi connectivity index (χ3n) is 3.99. The fourth-order valence-corrected chi connectivity index (χ4v) is 4.25. The van der Waals surface area contributed by atoms with Gasteiger partial charge in [-0.15, -0.1) is 11.3 Å². The van der Waals surface area contributed by atoms with Gasteiger partial charge >= 0.3 is 11.8 Å². The van der Waals surface area contributed by atoms with Crippen molar-refractivity contribution in [3.05, 3.63) is 44.3 Å². The van der Waals surface area contributed by atoms with Crippen LogP contribution in [0.3, 0.4) is 0 Å². The number of carbonyl (C=O) groups is 3. The Bertz CT molecular complexity index is 731. The van der Waals surface area contributed by atoms with Gasteiger partial charge in [-0.25, -0.2) is 0 Å². The summed E-state index contributed by atoms with van der Waals surface area (Å²) in [5.41, 5.74) is 0.674. The molecular weight excluding hydrogens is 344 g/mol. The van der Waals surface area contributed by atoms with Crippen LogP contribution in [0.4, 0.5) is 0 Å². The maximum absolute atomic E-state index is 12.2. The van der Waals surface area contributed by atoms with Gasteiger partial charge in [0.2, 0.25) is 5.78 Å². The summed E-state index contributed by atoms with van der Waals surface area (Å²) in [7, 11) is 0. The minimum absolute atomic E-state index is 0.0159. The predicted octanol–water partition coefficient (Wildman–Crippen LogP) is 2.72. The summed E-state index contributed by atoms with van der Waals surface area (Å²) in [6.45, 7) is 0.249. The van der Waals surface area contributed by atoms with E-state index in [-0.39, 0.29) is 18.4 Å². The molecule has 2 N–H and O–H groups in total. The van der Waals surface area contributed by atoms with E-state index in [9.17, 15) is 14.4 Å². The third kappa shape index (κ3) is 4.10. The number of amides is 2. The van der Waals surface area contributed by atoms with Crippen LogP contribution in [0.15, 0.2) is 29.0 Å². The number of hydrogen-bond acceptors (Lipinski definition) is 5. The van der Waals surface area contributed by atoms with Crippen molar-refractivity contribution in [1.29, 1.82) is 0 Å². The molecule has 5 nitrogen and oxygen atoms in total.